The van der Waals surface area contributed by atoms with Crippen molar-refractivity contribution in [3.8, 4) is 5.75 Å². The first kappa shape index (κ1) is 16.7. The molecule has 1 heterocycles. The summed E-state index contributed by atoms with van der Waals surface area (Å²) in [5.74, 6) is 0.976. The van der Waals surface area contributed by atoms with Crippen molar-refractivity contribution >= 4 is 11.6 Å². The smallest absolute Gasteiger partial charge is 0.276 e. The molecule has 1 amide bonds. The Morgan fingerprint density at radius 2 is 2.17 bits per heavy atom. The molecule has 6 heteroatoms. The summed E-state index contributed by atoms with van der Waals surface area (Å²) >= 11 is 0. The third kappa shape index (κ3) is 2.85. The molecule has 1 aliphatic carbocycles. The van der Waals surface area contributed by atoms with E-state index in [9.17, 15) is 14.9 Å². The fourth-order valence-corrected chi connectivity index (χ4v) is 4.36. The summed E-state index contributed by atoms with van der Waals surface area (Å²) in [4.78, 5) is 25.5. The molecule has 3 rings (SSSR count). The highest BCUT2D eigenvalue weighted by Crippen LogP contribution is 2.48. The van der Waals surface area contributed by atoms with Crippen LogP contribution in [0.2, 0.25) is 0 Å². The van der Waals surface area contributed by atoms with Gasteiger partial charge in [-0.1, -0.05) is 13.3 Å². The van der Waals surface area contributed by atoms with E-state index in [0.717, 1.165) is 25.4 Å². The van der Waals surface area contributed by atoms with Gasteiger partial charge in [0.2, 0.25) is 0 Å². The van der Waals surface area contributed by atoms with Gasteiger partial charge >= 0.3 is 0 Å². The second-order valence-electron chi connectivity index (χ2n) is 7.40. The summed E-state index contributed by atoms with van der Waals surface area (Å²) in [6.45, 7) is 5.40. The Balaban J connectivity index is 1.85. The van der Waals surface area contributed by atoms with Gasteiger partial charge in [0, 0.05) is 19.2 Å². The van der Waals surface area contributed by atoms with Gasteiger partial charge in [0.1, 0.15) is 5.75 Å². The summed E-state index contributed by atoms with van der Waals surface area (Å²) in [7, 11) is 1.46. The standard InChI is InChI=1S/C18H24N2O4/c1-12-4-5-18(10-12)6-7-19(11-18)17(21)14-8-15(20(22)23)13(2)16(9-14)24-3/h8-9,12H,4-7,10-11H2,1-3H3. The molecule has 0 radical (unpaired) electrons. The van der Waals surface area contributed by atoms with Crippen LogP contribution in [0.15, 0.2) is 12.1 Å². The van der Waals surface area contributed by atoms with Crippen molar-refractivity contribution in [3.05, 3.63) is 33.4 Å². The predicted octanol–water partition coefficient (Wildman–Crippen LogP) is 3.56. The monoisotopic (exact) mass is 332 g/mol. The molecule has 0 aromatic heterocycles. The summed E-state index contributed by atoms with van der Waals surface area (Å²) < 4.78 is 5.22. The van der Waals surface area contributed by atoms with Crippen LogP contribution in [-0.2, 0) is 0 Å². The summed E-state index contributed by atoms with van der Waals surface area (Å²) in [5.41, 5.74) is 0.977. The van der Waals surface area contributed by atoms with Crippen LogP contribution in [0, 0.1) is 28.4 Å². The quantitative estimate of drug-likeness (QED) is 0.626. The van der Waals surface area contributed by atoms with Crippen LogP contribution < -0.4 is 4.74 Å². The van der Waals surface area contributed by atoms with Crippen molar-refractivity contribution in [2.24, 2.45) is 11.3 Å². The second kappa shape index (κ2) is 6.07. The second-order valence-corrected chi connectivity index (χ2v) is 7.40. The zero-order valence-corrected chi connectivity index (χ0v) is 14.5. The number of amides is 1. The maximum Gasteiger partial charge on any atom is 0.276 e. The molecule has 2 unspecified atom stereocenters. The van der Waals surface area contributed by atoms with Crippen molar-refractivity contribution < 1.29 is 14.5 Å². The number of likely N-dealkylation sites (tertiary alicyclic amines) is 1. The van der Waals surface area contributed by atoms with Crippen LogP contribution in [-0.4, -0.2) is 35.9 Å². The predicted molar refractivity (Wildman–Crippen MR) is 90.4 cm³/mol. The Hall–Kier alpha value is -2.11. The molecule has 130 valence electrons. The van der Waals surface area contributed by atoms with E-state index in [1.165, 1.54) is 32.4 Å². The van der Waals surface area contributed by atoms with E-state index in [1.807, 2.05) is 4.90 Å². The number of rotatable bonds is 3. The SMILES string of the molecule is COc1cc(C(=O)N2CCC3(CCC(C)C3)C2)cc([N+](=O)[O-])c1C. The average Bonchev–Trinajstić information content (AvgIpc) is 3.13. The molecule has 1 aromatic carbocycles. The molecule has 2 aliphatic rings. The van der Waals surface area contributed by atoms with E-state index in [2.05, 4.69) is 6.92 Å². The minimum Gasteiger partial charge on any atom is -0.496 e. The Morgan fingerprint density at radius 1 is 1.42 bits per heavy atom. The Morgan fingerprint density at radius 3 is 2.75 bits per heavy atom. The van der Waals surface area contributed by atoms with E-state index < -0.39 is 4.92 Å². The number of nitro groups is 1. The highest BCUT2D eigenvalue weighted by atomic mass is 16.6. The van der Waals surface area contributed by atoms with Crippen molar-refractivity contribution in [1.29, 1.82) is 0 Å². The third-order valence-corrected chi connectivity index (χ3v) is 5.67. The highest BCUT2D eigenvalue weighted by Gasteiger charge is 2.44. The molecule has 2 fully saturated rings. The average molecular weight is 332 g/mol. The van der Waals surface area contributed by atoms with Gasteiger partial charge in [-0.15, -0.1) is 0 Å². The normalized spacial score (nSPS) is 26.1. The number of hydrogen-bond donors (Lipinski definition) is 0. The van der Waals surface area contributed by atoms with E-state index in [-0.39, 0.29) is 17.0 Å². The van der Waals surface area contributed by atoms with Crippen molar-refractivity contribution in [2.45, 2.75) is 39.5 Å². The van der Waals surface area contributed by atoms with Gasteiger partial charge < -0.3 is 9.64 Å². The van der Waals surface area contributed by atoms with Crippen LogP contribution >= 0.6 is 0 Å². The molecule has 1 saturated carbocycles. The number of nitro benzene ring substituents is 1. The fourth-order valence-electron chi connectivity index (χ4n) is 4.36. The summed E-state index contributed by atoms with van der Waals surface area (Å²) in [6, 6.07) is 3.00. The number of methoxy groups -OCH3 is 1. The van der Waals surface area contributed by atoms with Crippen molar-refractivity contribution in [1.82, 2.24) is 4.90 Å². The van der Waals surface area contributed by atoms with Gasteiger partial charge in [-0.25, -0.2) is 0 Å². The third-order valence-electron chi connectivity index (χ3n) is 5.67. The van der Waals surface area contributed by atoms with Gasteiger partial charge in [0.05, 0.1) is 23.2 Å². The van der Waals surface area contributed by atoms with Crippen LogP contribution in [0.3, 0.4) is 0 Å². The number of hydrogen-bond acceptors (Lipinski definition) is 4. The van der Waals surface area contributed by atoms with E-state index in [0.29, 0.717) is 16.9 Å². The Bertz CT molecular complexity index is 688. The highest BCUT2D eigenvalue weighted by molar-refractivity contribution is 5.96. The lowest BCUT2D eigenvalue weighted by Crippen LogP contribution is -2.31. The van der Waals surface area contributed by atoms with Crippen LogP contribution in [0.25, 0.3) is 0 Å². The van der Waals surface area contributed by atoms with Gasteiger partial charge in [-0.05, 0) is 43.6 Å². The molecule has 1 spiro atoms. The zero-order chi connectivity index (χ0) is 17.5. The van der Waals surface area contributed by atoms with Crippen molar-refractivity contribution in [2.75, 3.05) is 20.2 Å². The summed E-state index contributed by atoms with van der Waals surface area (Å²) in [5, 5.41) is 11.3. The Kier molecular flexibility index (Phi) is 4.24. The van der Waals surface area contributed by atoms with Crippen LogP contribution in [0.5, 0.6) is 5.75 Å². The van der Waals surface area contributed by atoms with Gasteiger partial charge in [-0.3, -0.25) is 14.9 Å². The fraction of sp³-hybridized carbons (Fsp3) is 0.611. The van der Waals surface area contributed by atoms with E-state index in [4.69, 9.17) is 4.74 Å². The van der Waals surface area contributed by atoms with Gasteiger partial charge in [0.15, 0.2) is 0 Å². The van der Waals surface area contributed by atoms with E-state index >= 15 is 0 Å². The molecule has 1 aliphatic heterocycles. The first-order valence-corrected chi connectivity index (χ1v) is 8.47. The number of nitrogens with zero attached hydrogens (tertiary/aromatic N) is 2. The summed E-state index contributed by atoms with van der Waals surface area (Å²) in [6.07, 6.45) is 4.61. The Labute approximate surface area is 141 Å². The molecule has 6 nitrogen and oxygen atoms in total. The number of carbonyl (C=O) groups excluding carboxylic acids is 1. The topological polar surface area (TPSA) is 72.7 Å². The van der Waals surface area contributed by atoms with Gasteiger partial charge in [0.25, 0.3) is 11.6 Å². The lowest BCUT2D eigenvalue weighted by atomic mass is 9.85. The number of carbonyl (C=O) groups is 1. The maximum atomic E-state index is 12.9. The minimum atomic E-state index is -0.460. The van der Waals surface area contributed by atoms with E-state index in [1.54, 1.807) is 13.0 Å². The molecular formula is C18H24N2O4. The molecule has 2 atom stereocenters. The molecular weight excluding hydrogens is 308 g/mol. The zero-order valence-electron chi connectivity index (χ0n) is 14.5. The number of benzene rings is 1. The van der Waals surface area contributed by atoms with Crippen LogP contribution in [0.4, 0.5) is 5.69 Å². The molecule has 24 heavy (non-hydrogen) atoms. The van der Waals surface area contributed by atoms with Crippen LogP contribution in [0.1, 0.15) is 48.5 Å². The molecule has 1 saturated heterocycles. The minimum absolute atomic E-state index is 0.0684. The first-order chi connectivity index (χ1) is 11.3. The molecule has 1 aromatic rings. The lowest BCUT2D eigenvalue weighted by Gasteiger charge is -2.24. The number of ether oxygens (including phenoxy) is 1. The maximum absolute atomic E-state index is 12.9. The largest absolute Gasteiger partial charge is 0.496 e. The lowest BCUT2D eigenvalue weighted by molar-refractivity contribution is -0.385. The molecule has 0 bridgehead atoms. The first-order valence-electron chi connectivity index (χ1n) is 8.47. The molecule has 0 N–H and O–H groups in total. The van der Waals surface area contributed by atoms with Crippen molar-refractivity contribution in [3.63, 3.8) is 0 Å². The van der Waals surface area contributed by atoms with Gasteiger partial charge in [-0.2, -0.15) is 0 Å².